The predicted octanol–water partition coefficient (Wildman–Crippen LogP) is 7.35. The minimum atomic E-state index is -3.89. The molecule has 86 heavy (non-hydrogen) atoms. The number of benzene rings is 6. The van der Waals surface area contributed by atoms with E-state index in [4.69, 9.17) is 18.9 Å². The smallest absolute Gasteiger partial charge is 0.243 e. The van der Waals surface area contributed by atoms with E-state index in [0.717, 1.165) is 32.7 Å². The fourth-order valence-corrected chi connectivity index (χ4v) is 13.3. The van der Waals surface area contributed by atoms with Crippen LogP contribution in [0.1, 0.15) is 91.5 Å². The maximum Gasteiger partial charge on any atom is 0.243 e. The van der Waals surface area contributed by atoms with E-state index in [2.05, 4.69) is 21.3 Å². The molecule has 6 aromatic rings. The van der Waals surface area contributed by atoms with Gasteiger partial charge in [0.2, 0.25) is 37.2 Å². The first-order valence-corrected chi connectivity index (χ1v) is 32.5. The average molecular weight is 1220 g/mol. The molecule has 2 aliphatic heterocycles. The largest absolute Gasteiger partial charge is 0.454 e. The molecule has 0 bridgehead atoms. The Morgan fingerprint density at radius 2 is 0.802 bits per heavy atom. The van der Waals surface area contributed by atoms with Gasteiger partial charge in [-0.15, -0.1) is 0 Å². The van der Waals surface area contributed by atoms with Gasteiger partial charge in [-0.2, -0.15) is 0 Å². The lowest BCUT2D eigenvalue weighted by molar-refractivity contribution is -0.134. The van der Waals surface area contributed by atoms with Gasteiger partial charge in [0.15, 0.2) is 42.7 Å². The Morgan fingerprint density at radius 1 is 0.453 bits per heavy atom. The first kappa shape index (κ1) is 64.7. The van der Waals surface area contributed by atoms with Crippen molar-refractivity contribution >= 4 is 64.8 Å². The van der Waals surface area contributed by atoms with Gasteiger partial charge in [0.25, 0.3) is 0 Å². The molecule has 6 aromatic carbocycles. The summed E-state index contributed by atoms with van der Waals surface area (Å²) >= 11 is 0. The SMILES string of the molecule is CC(C)[C@H](NC(=O)[C@H](Cc1cccc2ccccc12)CS(=O)(=O)C(C)(C)C)C(=O)N[C@@H](Cc1ccc2c(c1)OCO2)[C@@H](O)[C@H](O)[C@H](Cc1ccc2c(c1)OCO2)NC(=O)[C@@H](NC(=O)[C@H](Cc1cccc2ccccc12)CS(=O)(=O)C(C)(C)C)C(C)C. The lowest BCUT2D eigenvalue weighted by Gasteiger charge is -2.35. The van der Waals surface area contributed by atoms with Crippen molar-refractivity contribution in [2.24, 2.45) is 23.7 Å². The number of aliphatic hydroxyl groups excluding tert-OH is 2. The molecule has 8 rings (SSSR count). The van der Waals surface area contributed by atoms with Crippen LogP contribution in [0.25, 0.3) is 21.5 Å². The molecule has 462 valence electrons. The van der Waals surface area contributed by atoms with Crippen LogP contribution in [0.4, 0.5) is 0 Å². The molecule has 2 aliphatic rings. The highest BCUT2D eigenvalue weighted by atomic mass is 32.2. The van der Waals surface area contributed by atoms with Crippen LogP contribution in [-0.4, -0.2) is 122 Å². The maximum atomic E-state index is 15.0. The van der Waals surface area contributed by atoms with Crippen molar-refractivity contribution in [2.75, 3.05) is 25.1 Å². The number of nitrogens with one attached hydrogen (secondary N) is 4. The molecular weight excluding hydrogens is 1140 g/mol. The van der Waals surface area contributed by atoms with Gasteiger partial charge in [-0.25, -0.2) is 16.8 Å². The Kier molecular flexibility index (Phi) is 20.2. The Hall–Kier alpha value is -7.26. The van der Waals surface area contributed by atoms with E-state index in [0.29, 0.717) is 34.1 Å². The monoisotopic (exact) mass is 1220 g/mol. The third-order valence-corrected chi connectivity index (χ3v) is 21.7. The highest BCUT2D eigenvalue weighted by Crippen LogP contribution is 2.35. The Labute approximate surface area is 505 Å². The van der Waals surface area contributed by atoms with Gasteiger partial charge in [0.1, 0.15) is 24.3 Å². The fourth-order valence-electron chi connectivity index (χ4n) is 10.7. The van der Waals surface area contributed by atoms with E-state index >= 15 is 0 Å². The number of carbonyl (C=O) groups excluding carboxylic acids is 4. The quantitative estimate of drug-likeness (QED) is 0.0328. The highest BCUT2D eigenvalue weighted by molar-refractivity contribution is 7.93. The van der Waals surface area contributed by atoms with Gasteiger partial charge in [0, 0.05) is 0 Å². The standard InChI is InChI=1S/C66H82N4O14S2/c1-39(2)57(69-61(73)47(35-85(77,78)65(5,6)7)33-45-21-15-19-43-17-11-13-23-49(43)45)63(75)67-51(29-41-25-27-53-55(31-41)83-37-81-53)59(71)60(72)52(30-42-26-28-54-56(32-42)84-38-82-54)68-64(76)58(40(3)4)70-62(74)48(36-86(79,80)66(8,9)10)34-46-22-16-20-44-18-12-14-24-50(44)46/h11-28,31-32,39-40,47-48,51-52,57-60,71-72H,29-30,33-38H2,1-10H3,(H,67,75)(H,68,76)(H,69,73)(H,70,74)/t47-,48-,51+,52+,57+,58+,59-,60-/m1/s1. The summed E-state index contributed by atoms with van der Waals surface area (Å²) in [5.74, 6) is -5.60. The van der Waals surface area contributed by atoms with Crippen LogP contribution in [-0.2, 0) is 64.5 Å². The van der Waals surface area contributed by atoms with Crippen LogP contribution in [0, 0.1) is 23.7 Å². The highest BCUT2D eigenvalue weighted by Gasteiger charge is 2.41. The van der Waals surface area contributed by atoms with Gasteiger partial charge >= 0.3 is 0 Å². The number of aliphatic hydroxyl groups is 2. The van der Waals surface area contributed by atoms with Gasteiger partial charge in [0.05, 0.1) is 44.9 Å². The number of rotatable bonds is 25. The predicted molar refractivity (Wildman–Crippen MR) is 331 cm³/mol. The third kappa shape index (κ3) is 15.5. The number of carbonyl (C=O) groups is 4. The summed E-state index contributed by atoms with van der Waals surface area (Å²) in [6.45, 7) is 16.2. The molecule has 0 unspecified atom stereocenters. The average Bonchev–Trinajstić information content (AvgIpc) is 2.80. The van der Waals surface area contributed by atoms with Crippen LogP contribution in [0.2, 0.25) is 0 Å². The summed E-state index contributed by atoms with van der Waals surface area (Å²) in [5, 5.41) is 40.5. The minimum Gasteiger partial charge on any atom is -0.454 e. The second-order valence-corrected chi connectivity index (χ2v) is 30.9. The van der Waals surface area contributed by atoms with Gasteiger partial charge in [-0.3, -0.25) is 19.2 Å². The summed E-state index contributed by atoms with van der Waals surface area (Å²) in [6.07, 6.45) is -3.92. The maximum absolute atomic E-state index is 15.0. The molecule has 0 saturated heterocycles. The van der Waals surface area contributed by atoms with Crippen molar-refractivity contribution in [3.63, 3.8) is 0 Å². The Morgan fingerprint density at radius 3 is 1.16 bits per heavy atom. The van der Waals surface area contributed by atoms with Crippen LogP contribution in [0.5, 0.6) is 23.0 Å². The van der Waals surface area contributed by atoms with Gasteiger partial charge < -0.3 is 50.4 Å². The van der Waals surface area contributed by atoms with Crippen LogP contribution in [0.15, 0.2) is 121 Å². The number of hydrogen-bond donors (Lipinski definition) is 6. The topological polar surface area (TPSA) is 262 Å². The zero-order valence-corrected chi connectivity index (χ0v) is 52.2. The summed E-state index contributed by atoms with van der Waals surface area (Å²) in [6, 6.07) is 31.3. The van der Waals surface area contributed by atoms with Crippen molar-refractivity contribution in [3.8, 4) is 23.0 Å². The van der Waals surface area contributed by atoms with Crippen molar-refractivity contribution in [1.29, 1.82) is 0 Å². The number of fused-ring (bicyclic) bond motifs is 4. The zero-order chi connectivity index (χ0) is 62.5. The van der Waals surface area contributed by atoms with Crippen LogP contribution < -0.4 is 40.2 Å². The van der Waals surface area contributed by atoms with E-state index in [1.54, 1.807) is 106 Å². The van der Waals surface area contributed by atoms with Crippen LogP contribution >= 0.6 is 0 Å². The lowest BCUT2D eigenvalue weighted by atomic mass is 9.89. The van der Waals surface area contributed by atoms with Gasteiger partial charge in [-0.1, -0.05) is 125 Å². The van der Waals surface area contributed by atoms with Crippen molar-refractivity contribution in [2.45, 2.75) is 141 Å². The van der Waals surface area contributed by atoms with E-state index in [1.165, 1.54) is 0 Å². The first-order chi connectivity index (χ1) is 40.5. The molecule has 0 spiro atoms. The molecule has 6 N–H and O–H groups in total. The van der Waals surface area contributed by atoms with Gasteiger partial charge in [-0.05, 0) is 147 Å². The van der Waals surface area contributed by atoms with Crippen molar-refractivity contribution in [3.05, 3.63) is 144 Å². The summed E-state index contributed by atoms with van der Waals surface area (Å²) < 4.78 is 75.7. The third-order valence-electron chi connectivity index (χ3n) is 16.3. The molecule has 20 heteroatoms. The van der Waals surface area contributed by atoms with E-state index in [-0.39, 0.29) is 39.3 Å². The molecule has 4 amide bonds. The molecule has 0 aliphatic carbocycles. The summed E-state index contributed by atoms with van der Waals surface area (Å²) in [4.78, 5) is 59.4. The zero-order valence-electron chi connectivity index (χ0n) is 50.6. The fraction of sp³-hybridized carbons (Fsp3) is 0.455. The van der Waals surface area contributed by atoms with Crippen molar-refractivity contribution in [1.82, 2.24) is 21.3 Å². The molecular formula is C66H82N4O14S2. The summed E-state index contributed by atoms with van der Waals surface area (Å²) in [5.41, 5.74) is 2.58. The lowest BCUT2D eigenvalue weighted by Crippen LogP contribution is -2.62. The number of sulfone groups is 2. The first-order valence-electron chi connectivity index (χ1n) is 29.2. The second-order valence-electron chi connectivity index (χ2n) is 25.3. The summed E-state index contributed by atoms with van der Waals surface area (Å²) in [7, 11) is -7.78. The molecule has 0 saturated carbocycles. The van der Waals surface area contributed by atoms with E-state index in [9.17, 15) is 46.2 Å². The molecule has 2 heterocycles. The van der Waals surface area contributed by atoms with E-state index in [1.807, 2.05) is 84.9 Å². The number of amides is 4. The number of ether oxygens (including phenoxy) is 4. The molecule has 0 fully saturated rings. The van der Waals surface area contributed by atoms with Crippen molar-refractivity contribution < 1.29 is 65.2 Å². The Balaban J connectivity index is 1.10. The molecule has 18 nitrogen and oxygen atoms in total. The molecule has 0 radical (unpaired) electrons. The van der Waals surface area contributed by atoms with E-state index < -0.39 is 124 Å². The van der Waals surface area contributed by atoms with Crippen LogP contribution in [0.3, 0.4) is 0 Å². The number of hydrogen-bond acceptors (Lipinski definition) is 14. The molecule has 0 aromatic heterocycles. The minimum absolute atomic E-state index is 0.0332. The second kappa shape index (κ2) is 26.8. The normalized spacial score (nSPS) is 16.2. The Bertz CT molecular complexity index is 3420. The molecule has 8 atom stereocenters.